The van der Waals surface area contributed by atoms with Gasteiger partial charge in [0, 0.05) is 16.9 Å². The van der Waals surface area contributed by atoms with Crippen molar-refractivity contribution in [3.63, 3.8) is 0 Å². The van der Waals surface area contributed by atoms with Crippen molar-refractivity contribution in [3.8, 4) is 0 Å². The number of hydrogen-bond acceptors (Lipinski definition) is 3. The van der Waals surface area contributed by atoms with Gasteiger partial charge in [0.15, 0.2) is 0 Å². The van der Waals surface area contributed by atoms with Gasteiger partial charge in [-0.2, -0.15) is 0 Å². The molecule has 0 saturated carbocycles. The molecule has 1 aromatic rings. The summed E-state index contributed by atoms with van der Waals surface area (Å²) in [5, 5.41) is 8.85. The van der Waals surface area contributed by atoms with E-state index in [9.17, 15) is 18.1 Å². The maximum absolute atomic E-state index is 14.0. The monoisotopic (exact) mass is 319 g/mol. The van der Waals surface area contributed by atoms with Crippen LogP contribution in [0.5, 0.6) is 0 Å². The molecule has 0 saturated heterocycles. The normalized spacial score (nSPS) is 16.3. The Hall–Kier alpha value is -1.18. The van der Waals surface area contributed by atoms with Crippen LogP contribution < -0.4 is 4.72 Å². The Bertz CT molecular complexity index is 519. The highest BCUT2D eigenvalue weighted by Gasteiger charge is 2.38. The number of benzene rings is 1. The molecular weight excluding hydrogens is 300 g/mol. The minimum absolute atomic E-state index is 0.150. The van der Waals surface area contributed by atoms with Crippen molar-refractivity contribution in [3.05, 3.63) is 35.1 Å². The Kier molecular flexibility index (Phi) is 5.72. The third-order valence-electron chi connectivity index (χ3n) is 2.81. The zero-order valence-electron chi connectivity index (χ0n) is 12.3. The molecular formula is C14H19F2NO3S. The molecule has 3 atom stereocenters. The van der Waals surface area contributed by atoms with E-state index in [0.29, 0.717) is 5.56 Å². The van der Waals surface area contributed by atoms with Crippen molar-refractivity contribution in [2.45, 2.75) is 44.7 Å². The minimum atomic E-state index is -2.41. The van der Waals surface area contributed by atoms with Gasteiger partial charge in [0.2, 0.25) is 6.17 Å². The maximum atomic E-state index is 14.0. The van der Waals surface area contributed by atoms with E-state index < -0.39 is 40.1 Å². The van der Waals surface area contributed by atoms with Crippen LogP contribution in [0.1, 0.15) is 37.9 Å². The van der Waals surface area contributed by atoms with Crippen LogP contribution in [0, 0.1) is 12.7 Å². The van der Waals surface area contributed by atoms with Gasteiger partial charge in [0.05, 0.1) is 0 Å². The third-order valence-corrected chi connectivity index (χ3v) is 4.39. The quantitative estimate of drug-likeness (QED) is 0.819. The van der Waals surface area contributed by atoms with Gasteiger partial charge in [-0.25, -0.2) is 13.6 Å². The summed E-state index contributed by atoms with van der Waals surface area (Å²) in [4.78, 5) is 10.9. The molecule has 1 rings (SSSR count). The van der Waals surface area contributed by atoms with Gasteiger partial charge in [-0.15, -0.1) is 4.72 Å². The molecule has 0 heterocycles. The molecule has 21 heavy (non-hydrogen) atoms. The first-order chi connectivity index (χ1) is 9.54. The zero-order chi connectivity index (χ0) is 16.4. The number of hydrogen-bond donors (Lipinski definition) is 2. The Labute approximate surface area is 125 Å². The van der Waals surface area contributed by atoms with E-state index in [4.69, 9.17) is 5.11 Å². The minimum Gasteiger partial charge on any atom is -0.598 e. The van der Waals surface area contributed by atoms with Crippen molar-refractivity contribution in [2.24, 2.45) is 0 Å². The first kappa shape index (κ1) is 17.9. The molecule has 0 bridgehead atoms. The van der Waals surface area contributed by atoms with Crippen LogP contribution in [0.3, 0.4) is 0 Å². The molecule has 2 N–H and O–H groups in total. The molecule has 0 spiro atoms. The Morgan fingerprint density at radius 3 is 2.48 bits per heavy atom. The summed E-state index contributed by atoms with van der Waals surface area (Å²) in [5.41, 5.74) is 0.500. The second-order valence-corrected chi connectivity index (χ2v) is 7.74. The van der Waals surface area contributed by atoms with E-state index in [1.54, 1.807) is 27.7 Å². The number of aliphatic carboxylic acids is 1. The lowest BCUT2D eigenvalue weighted by atomic mass is 10.0. The number of rotatable bonds is 5. The van der Waals surface area contributed by atoms with E-state index in [0.717, 1.165) is 6.07 Å². The average Bonchev–Trinajstić information content (AvgIpc) is 2.36. The molecule has 7 heteroatoms. The highest BCUT2D eigenvalue weighted by atomic mass is 32.2. The van der Waals surface area contributed by atoms with Crippen molar-refractivity contribution in [2.75, 3.05) is 0 Å². The van der Waals surface area contributed by atoms with Gasteiger partial charge in [-0.05, 0) is 33.8 Å². The first-order valence-corrected chi connectivity index (χ1v) is 7.50. The smallest absolute Gasteiger partial charge is 0.340 e. The van der Waals surface area contributed by atoms with E-state index in [-0.39, 0.29) is 5.56 Å². The van der Waals surface area contributed by atoms with Crippen molar-refractivity contribution < 1.29 is 23.2 Å². The summed E-state index contributed by atoms with van der Waals surface area (Å²) in [6.45, 7) is 6.62. The molecule has 0 radical (unpaired) electrons. The van der Waals surface area contributed by atoms with E-state index in [1.165, 1.54) is 12.1 Å². The molecule has 0 fully saturated rings. The van der Waals surface area contributed by atoms with Crippen LogP contribution >= 0.6 is 0 Å². The fourth-order valence-electron chi connectivity index (χ4n) is 1.62. The zero-order valence-corrected chi connectivity index (χ0v) is 13.1. The molecule has 4 nitrogen and oxygen atoms in total. The van der Waals surface area contributed by atoms with Crippen molar-refractivity contribution in [1.82, 2.24) is 4.72 Å². The summed E-state index contributed by atoms with van der Waals surface area (Å²) < 4.78 is 41.6. The number of nitrogens with one attached hydrogen (secondary N) is 1. The number of carbonyl (C=O) groups is 1. The van der Waals surface area contributed by atoms with Crippen LogP contribution in [0.25, 0.3) is 0 Å². The molecule has 1 unspecified atom stereocenters. The lowest BCUT2D eigenvalue weighted by molar-refractivity contribution is -0.143. The molecule has 0 aliphatic rings. The average molecular weight is 319 g/mol. The summed E-state index contributed by atoms with van der Waals surface area (Å²) in [7, 11) is 0. The second-order valence-electron chi connectivity index (χ2n) is 5.74. The summed E-state index contributed by atoms with van der Waals surface area (Å²) in [6.07, 6.45) is -2.41. The predicted molar refractivity (Wildman–Crippen MR) is 77.4 cm³/mol. The third kappa shape index (κ3) is 4.66. The van der Waals surface area contributed by atoms with Crippen LogP contribution in [0.2, 0.25) is 0 Å². The van der Waals surface area contributed by atoms with E-state index in [1.807, 2.05) is 0 Å². The molecule has 0 aliphatic carbocycles. The van der Waals surface area contributed by atoms with Gasteiger partial charge in [0.25, 0.3) is 0 Å². The van der Waals surface area contributed by atoms with E-state index >= 15 is 0 Å². The molecule has 0 amide bonds. The standard InChI is InChI=1S/C14H19F2NO3S/c1-8-5-6-10(15)9(7-8)12(11(16)13(18)19)17-21(20)14(2,3)4/h5-7,11-12,17H,1-4H3,(H,18,19)/t11-,12+,21?/m1/s1. The SMILES string of the molecule is Cc1ccc(F)c([C@H](N[S+]([O-])C(C)(C)C)[C@@H](F)C(=O)O)c1. The largest absolute Gasteiger partial charge is 0.598 e. The van der Waals surface area contributed by atoms with Crippen molar-refractivity contribution in [1.29, 1.82) is 0 Å². The Morgan fingerprint density at radius 2 is 2.00 bits per heavy atom. The number of aryl methyl sites for hydroxylation is 1. The topological polar surface area (TPSA) is 72.4 Å². The number of alkyl halides is 1. The Balaban J connectivity index is 3.20. The van der Waals surface area contributed by atoms with Gasteiger partial charge >= 0.3 is 5.97 Å². The molecule has 0 aromatic heterocycles. The number of halogens is 2. The fraction of sp³-hybridized carbons (Fsp3) is 0.500. The highest BCUT2D eigenvalue weighted by Crippen LogP contribution is 2.27. The van der Waals surface area contributed by atoms with E-state index in [2.05, 4.69) is 4.72 Å². The molecule has 118 valence electrons. The van der Waals surface area contributed by atoms with Crippen molar-refractivity contribution >= 4 is 17.3 Å². The molecule has 0 aliphatic heterocycles. The summed E-state index contributed by atoms with van der Waals surface area (Å²) in [5.74, 6) is -2.48. The van der Waals surface area contributed by atoms with Crippen LogP contribution in [0.4, 0.5) is 8.78 Å². The van der Waals surface area contributed by atoms with Crippen LogP contribution in [-0.2, 0) is 16.2 Å². The summed E-state index contributed by atoms with van der Waals surface area (Å²) in [6, 6.07) is 2.45. The lowest BCUT2D eigenvalue weighted by Gasteiger charge is -2.28. The van der Waals surface area contributed by atoms with Gasteiger partial charge in [-0.3, -0.25) is 0 Å². The maximum Gasteiger partial charge on any atom is 0.340 e. The fourth-order valence-corrected chi connectivity index (χ4v) is 2.45. The van der Waals surface area contributed by atoms with Gasteiger partial charge < -0.3 is 9.66 Å². The lowest BCUT2D eigenvalue weighted by Crippen LogP contribution is -2.45. The predicted octanol–water partition coefficient (Wildman–Crippen LogP) is 2.65. The van der Waals surface area contributed by atoms with Gasteiger partial charge in [0.1, 0.15) is 16.6 Å². The second kappa shape index (κ2) is 6.72. The number of carboxylic acids is 1. The number of carboxylic acid groups (broad SMARTS) is 1. The van der Waals surface area contributed by atoms with Crippen LogP contribution in [0.15, 0.2) is 18.2 Å². The first-order valence-electron chi connectivity index (χ1n) is 6.35. The summed E-state index contributed by atoms with van der Waals surface area (Å²) >= 11 is -1.74. The Morgan fingerprint density at radius 1 is 1.43 bits per heavy atom. The van der Waals surface area contributed by atoms with Crippen LogP contribution in [-0.4, -0.2) is 26.5 Å². The molecule has 1 aromatic carbocycles. The highest BCUT2D eigenvalue weighted by molar-refractivity contribution is 7.90. The van der Waals surface area contributed by atoms with Gasteiger partial charge in [-0.1, -0.05) is 17.7 Å².